The van der Waals surface area contributed by atoms with Crippen LogP contribution in [0.1, 0.15) is 44.5 Å². The van der Waals surface area contributed by atoms with Gasteiger partial charge in [-0.25, -0.2) is 4.98 Å². The van der Waals surface area contributed by atoms with Gasteiger partial charge in [0, 0.05) is 24.6 Å². The largest absolute Gasteiger partial charge is 0.390 e. The highest BCUT2D eigenvalue weighted by atomic mass is 32.1. The third-order valence-electron chi connectivity index (χ3n) is 3.88. The summed E-state index contributed by atoms with van der Waals surface area (Å²) in [6, 6.07) is 0. The Bertz CT molecular complexity index is 351. The van der Waals surface area contributed by atoms with Crippen molar-refractivity contribution in [1.29, 1.82) is 0 Å². The fourth-order valence-electron chi connectivity index (χ4n) is 3.07. The Balaban J connectivity index is 2.08. The highest BCUT2D eigenvalue weighted by molar-refractivity contribution is 7.09. The van der Waals surface area contributed by atoms with E-state index >= 15 is 0 Å². The van der Waals surface area contributed by atoms with Crippen molar-refractivity contribution in [2.24, 2.45) is 5.92 Å². The number of nitrogens with zero attached hydrogens (tertiary/aromatic N) is 1. The summed E-state index contributed by atoms with van der Waals surface area (Å²) in [5.41, 5.74) is -0.349. The van der Waals surface area contributed by atoms with Crippen molar-refractivity contribution in [2.45, 2.75) is 57.7 Å². The van der Waals surface area contributed by atoms with Crippen LogP contribution in [0, 0.1) is 5.92 Å². The van der Waals surface area contributed by atoms with Gasteiger partial charge in [0.2, 0.25) is 0 Å². The monoisotopic (exact) mass is 269 g/mol. The van der Waals surface area contributed by atoms with Crippen LogP contribution in [0.4, 0.5) is 0 Å². The Hall–Kier alpha value is -0.450. The first-order chi connectivity index (χ1) is 8.66. The maximum absolute atomic E-state index is 10.6. The van der Waals surface area contributed by atoms with E-state index < -0.39 is 6.10 Å². The third kappa shape index (κ3) is 3.11. The second-order valence-electron chi connectivity index (χ2n) is 5.35. The molecule has 1 saturated carbocycles. The molecule has 2 rings (SSSR count). The van der Waals surface area contributed by atoms with Crippen LogP contribution in [0.2, 0.25) is 0 Å². The quantitative estimate of drug-likeness (QED) is 0.893. The van der Waals surface area contributed by atoms with Crippen LogP contribution >= 0.6 is 11.3 Å². The molecule has 3 nitrogen and oxygen atoms in total. The predicted octanol–water partition coefficient (Wildman–Crippen LogP) is 3.03. The van der Waals surface area contributed by atoms with Gasteiger partial charge in [-0.05, 0) is 25.7 Å². The van der Waals surface area contributed by atoms with Gasteiger partial charge in [0.05, 0.1) is 16.7 Å². The van der Waals surface area contributed by atoms with Gasteiger partial charge in [0.1, 0.15) is 0 Å². The summed E-state index contributed by atoms with van der Waals surface area (Å²) in [4.78, 5) is 4.26. The molecular weight excluding hydrogens is 246 g/mol. The number of ether oxygens (including phenoxy) is 1. The lowest BCUT2D eigenvalue weighted by atomic mass is 9.75. The highest BCUT2D eigenvalue weighted by Gasteiger charge is 2.42. The lowest BCUT2D eigenvalue weighted by Gasteiger charge is -2.43. The van der Waals surface area contributed by atoms with E-state index in [4.69, 9.17) is 4.74 Å². The number of rotatable bonds is 5. The van der Waals surface area contributed by atoms with Gasteiger partial charge >= 0.3 is 0 Å². The van der Waals surface area contributed by atoms with E-state index in [1.807, 2.05) is 12.3 Å². The number of aliphatic hydroxyl groups excluding tert-OH is 1. The van der Waals surface area contributed by atoms with E-state index in [9.17, 15) is 5.11 Å². The summed E-state index contributed by atoms with van der Waals surface area (Å²) in [5.74, 6) is 0.635. The molecule has 1 N–H and O–H groups in total. The fraction of sp³-hybridized carbons (Fsp3) is 0.786. The average molecular weight is 269 g/mol. The second-order valence-corrected chi connectivity index (χ2v) is 6.32. The standard InChI is InChI=1S/C14H23NO2S/c1-3-17-14(6-4-5-11(2)10-14)12(16)9-13-15-7-8-18-13/h7-8,11-12,16H,3-6,9-10H2,1-2H3. The van der Waals surface area contributed by atoms with E-state index in [0.717, 1.165) is 24.3 Å². The number of aromatic nitrogens is 1. The van der Waals surface area contributed by atoms with Crippen LogP contribution in [0.5, 0.6) is 0 Å². The smallest absolute Gasteiger partial charge is 0.0951 e. The second kappa shape index (κ2) is 6.13. The van der Waals surface area contributed by atoms with E-state index in [1.54, 1.807) is 17.5 Å². The summed E-state index contributed by atoms with van der Waals surface area (Å²) in [6.07, 6.45) is 6.31. The van der Waals surface area contributed by atoms with Crippen molar-refractivity contribution in [3.05, 3.63) is 16.6 Å². The number of hydrogen-bond acceptors (Lipinski definition) is 4. The Labute approximate surface area is 113 Å². The van der Waals surface area contributed by atoms with E-state index in [2.05, 4.69) is 11.9 Å². The molecule has 18 heavy (non-hydrogen) atoms. The van der Waals surface area contributed by atoms with Crippen molar-refractivity contribution in [3.8, 4) is 0 Å². The molecule has 0 aromatic carbocycles. The van der Waals surface area contributed by atoms with Crippen LogP contribution in [-0.4, -0.2) is 28.4 Å². The first-order valence-corrected chi connectivity index (χ1v) is 7.74. The van der Waals surface area contributed by atoms with Crippen LogP contribution < -0.4 is 0 Å². The summed E-state index contributed by atoms with van der Waals surface area (Å²) < 4.78 is 5.98. The molecule has 102 valence electrons. The predicted molar refractivity (Wildman–Crippen MR) is 73.8 cm³/mol. The molecule has 1 aliphatic rings. The fourth-order valence-corrected chi connectivity index (χ4v) is 3.72. The topological polar surface area (TPSA) is 42.4 Å². The minimum atomic E-state index is -0.439. The number of aliphatic hydroxyl groups is 1. The number of thiazole rings is 1. The molecule has 0 saturated heterocycles. The minimum Gasteiger partial charge on any atom is -0.390 e. The first kappa shape index (κ1) is 14.0. The van der Waals surface area contributed by atoms with Gasteiger partial charge in [0.25, 0.3) is 0 Å². The maximum Gasteiger partial charge on any atom is 0.0951 e. The Morgan fingerprint density at radius 1 is 1.67 bits per heavy atom. The SMILES string of the molecule is CCOC1(C(O)Cc2nccs2)CCCC(C)C1. The van der Waals surface area contributed by atoms with Crippen LogP contribution in [-0.2, 0) is 11.2 Å². The molecule has 1 heterocycles. The molecule has 0 bridgehead atoms. The van der Waals surface area contributed by atoms with Crippen molar-refractivity contribution < 1.29 is 9.84 Å². The molecule has 3 unspecified atom stereocenters. The molecule has 0 aliphatic heterocycles. The lowest BCUT2D eigenvalue weighted by Crippen LogP contribution is -2.49. The molecule has 0 amide bonds. The van der Waals surface area contributed by atoms with E-state index in [-0.39, 0.29) is 5.60 Å². The molecule has 1 aromatic rings. The highest BCUT2D eigenvalue weighted by Crippen LogP contribution is 2.38. The summed E-state index contributed by atoms with van der Waals surface area (Å²) in [6.45, 7) is 4.93. The molecule has 0 spiro atoms. The minimum absolute atomic E-state index is 0.349. The molecule has 4 heteroatoms. The maximum atomic E-state index is 10.6. The third-order valence-corrected chi connectivity index (χ3v) is 4.68. The van der Waals surface area contributed by atoms with Gasteiger partial charge in [-0.3, -0.25) is 0 Å². The zero-order valence-corrected chi connectivity index (χ0v) is 12.1. The van der Waals surface area contributed by atoms with E-state index in [1.165, 1.54) is 6.42 Å². The Morgan fingerprint density at radius 2 is 2.50 bits per heavy atom. The van der Waals surface area contributed by atoms with Crippen molar-refractivity contribution in [1.82, 2.24) is 4.98 Å². The average Bonchev–Trinajstić information content (AvgIpc) is 2.82. The van der Waals surface area contributed by atoms with E-state index in [0.29, 0.717) is 18.9 Å². The number of hydrogen-bond donors (Lipinski definition) is 1. The molecule has 1 fully saturated rings. The van der Waals surface area contributed by atoms with Gasteiger partial charge in [0.15, 0.2) is 0 Å². The normalized spacial score (nSPS) is 30.3. The molecular formula is C14H23NO2S. The zero-order chi connectivity index (χ0) is 13.0. The molecule has 1 aliphatic carbocycles. The van der Waals surface area contributed by atoms with Crippen molar-refractivity contribution >= 4 is 11.3 Å². The first-order valence-electron chi connectivity index (χ1n) is 6.86. The van der Waals surface area contributed by atoms with Crippen LogP contribution in [0.15, 0.2) is 11.6 Å². The zero-order valence-electron chi connectivity index (χ0n) is 11.3. The van der Waals surface area contributed by atoms with Crippen LogP contribution in [0.25, 0.3) is 0 Å². The molecule has 3 atom stereocenters. The Kier molecular flexibility index (Phi) is 4.76. The van der Waals surface area contributed by atoms with Gasteiger partial charge in [-0.2, -0.15) is 0 Å². The summed E-state index contributed by atoms with van der Waals surface area (Å²) in [7, 11) is 0. The Morgan fingerprint density at radius 3 is 3.11 bits per heavy atom. The molecule has 0 radical (unpaired) electrons. The van der Waals surface area contributed by atoms with Gasteiger partial charge in [-0.1, -0.05) is 19.8 Å². The molecule has 1 aromatic heterocycles. The van der Waals surface area contributed by atoms with Crippen LogP contribution in [0.3, 0.4) is 0 Å². The summed E-state index contributed by atoms with van der Waals surface area (Å²) >= 11 is 1.61. The van der Waals surface area contributed by atoms with Crippen molar-refractivity contribution in [2.75, 3.05) is 6.61 Å². The van der Waals surface area contributed by atoms with Gasteiger partial charge < -0.3 is 9.84 Å². The lowest BCUT2D eigenvalue weighted by molar-refractivity contribution is -0.147. The van der Waals surface area contributed by atoms with Gasteiger partial charge in [-0.15, -0.1) is 11.3 Å². The summed E-state index contributed by atoms with van der Waals surface area (Å²) in [5, 5.41) is 13.5. The van der Waals surface area contributed by atoms with Crippen molar-refractivity contribution in [3.63, 3.8) is 0 Å².